The first-order valence-corrected chi connectivity index (χ1v) is 6.56. The maximum Gasteiger partial charge on any atom is 0.313 e. The highest BCUT2D eigenvalue weighted by atomic mass is 35.5. The molecule has 1 aliphatic rings. The average Bonchev–Trinajstić information content (AvgIpc) is 2.55. The van der Waals surface area contributed by atoms with Crippen LogP contribution in [0.5, 0.6) is 0 Å². The van der Waals surface area contributed by atoms with Crippen LogP contribution in [0.1, 0.15) is 27.2 Å². The summed E-state index contributed by atoms with van der Waals surface area (Å²) in [7, 11) is 0. The van der Waals surface area contributed by atoms with Gasteiger partial charge in [-0.3, -0.25) is 9.59 Å². The Bertz CT molecular complexity index is 307. The molecule has 0 aromatic carbocycles. The number of alkyl halides is 1. The third-order valence-corrected chi connectivity index (χ3v) is 3.44. The molecule has 0 aromatic rings. The molecular weight excluding hydrogens is 260 g/mol. The van der Waals surface area contributed by atoms with Crippen molar-refractivity contribution in [3.63, 3.8) is 0 Å². The summed E-state index contributed by atoms with van der Waals surface area (Å²) in [5.41, 5.74) is 0. The number of hydrogen-bond donors (Lipinski definition) is 0. The predicted molar refractivity (Wildman–Crippen MR) is 65.3 cm³/mol. The minimum absolute atomic E-state index is 0.0187. The van der Waals surface area contributed by atoms with E-state index in [-0.39, 0.29) is 19.1 Å². The number of rotatable bonds is 5. The Morgan fingerprint density at radius 2 is 1.83 bits per heavy atom. The molecule has 0 amide bonds. The summed E-state index contributed by atoms with van der Waals surface area (Å²) in [4.78, 5) is 23.3. The fourth-order valence-electron chi connectivity index (χ4n) is 2.01. The van der Waals surface area contributed by atoms with Crippen LogP contribution in [0, 0.1) is 5.92 Å². The Morgan fingerprint density at radius 1 is 1.22 bits per heavy atom. The summed E-state index contributed by atoms with van der Waals surface area (Å²) in [5.74, 6) is -1.43. The fraction of sp³-hybridized carbons (Fsp3) is 0.833. The summed E-state index contributed by atoms with van der Waals surface area (Å²) in [5, 5.41) is -0.483. The molecule has 0 saturated carbocycles. The molecule has 0 N–H and O–H groups in total. The van der Waals surface area contributed by atoms with Gasteiger partial charge in [-0.05, 0) is 20.8 Å². The lowest BCUT2D eigenvalue weighted by Crippen LogP contribution is -2.33. The number of carbonyl (C=O) groups is 2. The van der Waals surface area contributed by atoms with Gasteiger partial charge in [0.25, 0.3) is 0 Å². The van der Waals surface area contributed by atoms with E-state index in [9.17, 15) is 9.59 Å². The summed E-state index contributed by atoms with van der Waals surface area (Å²) in [6.07, 6.45) is -0.841. The van der Waals surface area contributed by atoms with Crippen LogP contribution < -0.4 is 0 Å². The molecule has 0 bridgehead atoms. The second-order valence-corrected chi connectivity index (χ2v) is 4.62. The number of hydrogen-bond acceptors (Lipinski definition) is 5. The maximum atomic E-state index is 11.8. The second-order valence-electron chi connectivity index (χ2n) is 4.11. The molecular formula is C12H19ClO5. The Hall–Kier alpha value is -0.810. The van der Waals surface area contributed by atoms with Crippen molar-refractivity contribution in [2.45, 2.75) is 44.8 Å². The van der Waals surface area contributed by atoms with Gasteiger partial charge < -0.3 is 14.2 Å². The predicted octanol–water partition coefficient (Wildman–Crippen LogP) is 1.51. The van der Waals surface area contributed by atoms with E-state index in [1.807, 2.05) is 0 Å². The highest BCUT2D eigenvalue weighted by Crippen LogP contribution is 2.34. The van der Waals surface area contributed by atoms with Gasteiger partial charge >= 0.3 is 11.9 Å². The zero-order valence-electron chi connectivity index (χ0n) is 10.8. The van der Waals surface area contributed by atoms with Crippen LogP contribution in [0.25, 0.3) is 0 Å². The maximum absolute atomic E-state index is 11.8. The summed E-state index contributed by atoms with van der Waals surface area (Å²) in [6.45, 7) is 5.80. The summed E-state index contributed by atoms with van der Waals surface area (Å²) < 4.78 is 15.3. The molecule has 0 spiro atoms. The van der Waals surface area contributed by atoms with Gasteiger partial charge in [0.05, 0.1) is 37.2 Å². The standard InChI is InChI=1S/C12H19ClO5/c1-4-16-9(14)6-8-10(12(15)17-5-2)11(13)7(3)18-8/h7-8,10-11H,4-6H2,1-3H3/t7-,8+,10-,11?/m0/s1. The topological polar surface area (TPSA) is 61.8 Å². The quantitative estimate of drug-likeness (QED) is 0.563. The number of halogens is 1. The number of ether oxygens (including phenoxy) is 3. The van der Waals surface area contributed by atoms with Crippen LogP contribution in [0.2, 0.25) is 0 Å². The van der Waals surface area contributed by atoms with Gasteiger partial charge in [-0.15, -0.1) is 11.6 Å². The van der Waals surface area contributed by atoms with E-state index in [1.165, 1.54) is 0 Å². The van der Waals surface area contributed by atoms with Gasteiger partial charge in [0.2, 0.25) is 0 Å². The van der Waals surface area contributed by atoms with Crippen molar-refractivity contribution in [3.8, 4) is 0 Å². The molecule has 1 fully saturated rings. The van der Waals surface area contributed by atoms with Crippen molar-refractivity contribution >= 4 is 23.5 Å². The Balaban J connectivity index is 2.69. The van der Waals surface area contributed by atoms with Crippen LogP contribution in [0.3, 0.4) is 0 Å². The zero-order valence-corrected chi connectivity index (χ0v) is 11.6. The number of esters is 2. The lowest BCUT2D eigenvalue weighted by atomic mass is 9.97. The molecule has 104 valence electrons. The second kappa shape index (κ2) is 6.95. The molecule has 1 unspecified atom stereocenters. The SMILES string of the molecule is CCOC(=O)C[C@H]1O[C@@H](C)C(Cl)[C@H]1C(=O)OCC. The largest absolute Gasteiger partial charge is 0.466 e. The van der Waals surface area contributed by atoms with Gasteiger partial charge in [0.1, 0.15) is 5.92 Å². The molecule has 5 nitrogen and oxygen atoms in total. The highest BCUT2D eigenvalue weighted by molar-refractivity contribution is 6.22. The molecule has 1 saturated heterocycles. The monoisotopic (exact) mass is 278 g/mol. The lowest BCUT2D eigenvalue weighted by Gasteiger charge is -2.17. The molecule has 6 heteroatoms. The fourth-order valence-corrected chi connectivity index (χ4v) is 2.34. The normalized spacial score (nSPS) is 31.1. The van der Waals surface area contributed by atoms with E-state index in [0.29, 0.717) is 6.61 Å². The van der Waals surface area contributed by atoms with Crippen molar-refractivity contribution in [3.05, 3.63) is 0 Å². The van der Waals surface area contributed by atoms with Crippen LogP contribution in [-0.4, -0.2) is 42.7 Å². The minimum atomic E-state index is -0.619. The molecule has 1 heterocycles. The number of carbonyl (C=O) groups excluding carboxylic acids is 2. The Kier molecular flexibility index (Phi) is 5.88. The highest BCUT2D eigenvalue weighted by Gasteiger charge is 2.47. The van der Waals surface area contributed by atoms with Gasteiger partial charge in [0.15, 0.2) is 0 Å². The van der Waals surface area contributed by atoms with E-state index in [1.54, 1.807) is 20.8 Å². The zero-order chi connectivity index (χ0) is 13.7. The van der Waals surface area contributed by atoms with E-state index < -0.39 is 29.3 Å². The van der Waals surface area contributed by atoms with Crippen molar-refractivity contribution in [2.75, 3.05) is 13.2 Å². The average molecular weight is 279 g/mol. The van der Waals surface area contributed by atoms with E-state index in [2.05, 4.69) is 0 Å². The van der Waals surface area contributed by atoms with Crippen molar-refractivity contribution < 1.29 is 23.8 Å². The van der Waals surface area contributed by atoms with Crippen LogP contribution in [0.15, 0.2) is 0 Å². The lowest BCUT2D eigenvalue weighted by molar-refractivity contribution is -0.152. The van der Waals surface area contributed by atoms with Crippen molar-refractivity contribution in [1.29, 1.82) is 0 Å². The Morgan fingerprint density at radius 3 is 2.39 bits per heavy atom. The molecule has 0 radical (unpaired) electrons. The van der Waals surface area contributed by atoms with Gasteiger partial charge in [-0.2, -0.15) is 0 Å². The molecule has 1 aliphatic heterocycles. The Labute approximate surface area is 112 Å². The first-order valence-electron chi connectivity index (χ1n) is 6.13. The van der Waals surface area contributed by atoms with Crippen LogP contribution in [0.4, 0.5) is 0 Å². The smallest absolute Gasteiger partial charge is 0.313 e. The molecule has 0 aromatic heterocycles. The summed E-state index contributed by atoms with van der Waals surface area (Å²) in [6, 6.07) is 0. The third-order valence-electron chi connectivity index (χ3n) is 2.81. The van der Waals surface area contributed by atoms with E-state index in [0.717, 1.165) is 0 Å². The van der Waals surface area contributed by atoms with Crippen molar-refractivity contribution in [2.24, 2.45) is 5.92 Å². The third kappa shape index (κ3) is 3.59. The van der Waals surface area contributed by atoms with Gasteiger partial charge in [-0.25, -0.2) is 0 Å². The first-order chi connectivity index (χ1) is 8.51. The minimum Gasteiger partial charge on any atom is -0.466 e. The first kappa shape index (κ1) is 15.2. The van der Waals surface area contributed by atoms with Crippen LogP contribution >= 0.6 is 11.6 Å². The van der Waals surface area contributed by atoms with E-state index >= 15 is 0 Å². The molecule has 18 heavy (non-hydrogen) atoms. The molecule has 1 rings (SSSR count). The van der Waals surface area contributed by atoms with E-state index in [4.69, 9.17) is 25.8 Å². The van der Waals surface area contributed by atoms with Gasteiger partial charge in [-0.1, -0.05) is 0 Å². The van der Waals surface area contributed by atoms with Gasteiger partial charge in [0, 0.05) is 0 Å². The van der Waals surface area contributed by atoms with Crippen molar-refractivity contribution in [1.82, 2.24) is 0 Å². The molecule has 4 atom stereocenters. The molecule has 0 aliphatic carbocycles. The summed E-state index contributed by atoms with van der Waals surface area (Å²) >= 11 is 6.14. The van der Waals surface area contributed by atoms with Crippen LogP contribution in [-0.2, 0) is 23.8 Å².